The second-order valence-corrected chi connectivity index (χ2v) is 4.78. The van der Waals surface area contributed by atoms with Crippen LogP contribution in [0.1, 0.15) is 16.8 Å². The van der Waals surface area contributed by atoms with Crippen molar-refractivity contribution < 1.29 is 19.8 Å². The van der Waals surface area contributed by atoms with E-state index in [0.717, 1.165) is 0 Å². The summed E-state index contributed by atoms with van der Waals surface area (Å²) >= 11 is 1.99. The standard InChI is InChI=1S/C11H13IN2O4/c12-7-5-6(1-2-8(7)13)10(16)14-9(3-4-15)11(17)18/h1-2,5,9,15H,3-4,13H2,(H,14,16)(H,17,18)/t9-/m1/s1. The number of carbonyl (C=O) groups excluding carboxylic acids is 1. The Hall–Kier alpha value is -1.35. The lowest BCUT2D eigenvalue weighted by molar-refractivity contribution is -0.139. The van der Waals surface area contributed by atoms with Crippen LogP contribution in [-0.2, 0) is 4.79 Å². The lowest BCUT2D eigenvalue weighted by Gasteiger charge is -2.13. The molecule has 1 aromatic carbocycles. The van der Waals surface area contributed by atoms with E-state index < -0.39 is 17.9 Å². The number of carbonyl (C=O) groups is 2. The molecule has 0 aromatic heterocycles. The number of aliphatic carboxylic acids is 1. The maximum absolute atomic E-state index is 11.8. The van der Waals surface area contributed by atoms with Crippen LogP contribution in [0.5, 0.6) is 0 Å². The van der Waals surface area contributed by atoms with E-state index in [9.17, 15) is 9.59 Å². The fourth-order valence-corrected chi connectivity index (χ4v) is 1.81. The van der Waals surface area contributed by atoms with Crippen molar-refractivity contribution in [2.45, 2.75) is 12.5 Å². The van der Waals surface area contributed by atoms with Crippen molar-refractivity contribution in [2.24, 2.45) is 0 Å². The zero-order valence-corrected chi connectivity index (χ0v) is 11.5. The molecule has 1 amide bonds. The lowest BCUT2D eigenvalue weighted by atomic mass is 10.1. The summed E-state index contributed by atoms with van der Waals surface area (Å²) in [4.78, 5) is 22.6. The van der Waals surface area contributed by atoms with Gasteiger partial charge in [0.1, 0.15) is 6.04 Å². The van der Waals surface area contributed by atoms with E-state index in [1.807, 2.05) is 22.6 Å². The molecular formula is C11H13IN2O4. The molecule has 1 rings (SSSR count). The fourth-order valence-electron chi connectivity index (χ4n) is 1.30. The van der Waals surface area contributed by atoms with E-state index in [-0.39, 0.29) is 13.0 Å². The molecule has 0 saturated heterocycles. The highest BCUT2D eigenvalue weighted by Crippen LogP contribution is 2.16. The van der Waals surface area contributed by atoms with E-state index in [0.29, 0.717) is 14.8 Å². The van der Waals surface area contributed by atoms with Crippen LogP contribution in [0.25, 0.3) is 0 Å². The summed E-state index contributed by atoms with van der Waals surface area (Å²) in [5.41, 5.74) is 6.50. The largest absolute Gasteiger partial charge is 0.480 e. The maximum atomic E-state index is 11.8. The number of amides is 1. The van der Waals surface area contributed by atoms with Gasteiger partial charge in [0.05, 0.1) is 0 Å². The van der Waals surface area contributed by atoms with Crippen LogP contribution in [0, 0.1) is 3.57 Å². The van der Waals surface area contributed by atoms with Gasteiger partial charge in [-0.15, -0.1) is 0 Å². The van der Waals surface area contributed by atoms with Crippen LogP contribution < -0.4 is 11.1 Å². The Bertz CT molecular complexity index is 464. The first-order chi connectivity index (χ1) is 8.45. The van der Waals surface area contributed by atoms with Crippen molar-refractivity contribution in [3.8, 4) is 0 Å². The molecule has 0 spiro atoms. The Morgan fingerprint density at radius 1 is 1.44 bits per heavy atom. The number of aliphatic hydroxyl groups is 1. The molecule has 6 nitrogen and oxygen atoms in total. The molecule has 1 atom stereocenters. The predicted octanol–water partition coefficient (Wildman–Crippen LogP) is 0.439. The van der Waals surface area contributed by atoms with Gasteiger partial charge in [-0.2, -0.15) is 0 Å². The molecule has 5 N–H and O–H groups in total. The Labute approximate surface area is 117 Å². The average Bonchev–Trinajstić information content (AvgIpc) is 2.31. The van der Waals surface area contributed by atoms with Crippen molar-refractivity contribution >= 4 is 40.2 Å². The molecule has 0 saturated carbocycles. The van der Waals surface area contributed by atoms with Crippen LogP contribution in [-0.4, -0.2) is 34.7 Å². The Morgan fingerprint density at radius 3 is 2.61 bits per heavy atom. The van der Waals surface area contributed by atoms with Gasteiger partial charge in [-0.05, 0) is 40.8 Å². The second-order valence-electron chi connectivity index (χ2n) is 3.61. The number of carboxylic acid groups (broad SMARTS) is 1. The summed E-state index contributed by atoms with van der Waals surface area (Å²) in [6.45, 7) is -0.309. The van der Waals surface area contributed by atoms with Gasteiger partial charge >= 0.3 is 5.97 Å². The first kappa shape index (κ1) is 14.7. The van der Waals surface area contributed by atoms with Gasteiger partial charge in [0.15, 0.2) is 0 Å². The lowest BCUT2D eigenvalue weighted by Crippen LogP contribution is -2.41. The molecule has 1 aromatic rings. The summed E-state index contributed by atoms with van der Waals surface area (Å²) in [6.07, 6.45) is -0.0346. The van der Waals surface area contributed by atoms with Gasteiger partial charge < -0.3 is 21.3 Å². The van der Waals surface area contributed by atoms with Gasteiger partial charge in [-0.1, -0.05) is 0 Å². The topological polar surface area (TPSA) is 113 Å². The average molecular weight is 364 g/mol. The molecule has 18 heavy (non-hydrogen) atoms. The number of hydrogen-bond acceptors (Lipinski definition) is 4. The van der Waals surface area contributed by atoms with Crippen molar-refractivity contribution in [1.82, 2.24) is 5.32 Å². The monoisotopic (exact) mass is 364 g/mol. The number of nitrogen functional groups attached to an aromatic ring is 1. The number of nitrogens with two attached hydrogens (primary N) is 1. The molecule has 0 radical (unpaired) electrons. The summed E-state index contributed by atoms with van der Waals surface area (Å²) in [7, 11) is 0. The smallest absolute Gasteiger partial charge is 0.326 e. The zero-order chi connectivity index (χ0) is 13.7. The number of rotatable bonds is 5. The molecule has 0 aliphatic rings. The van der Waals surface area contributed by atoms with Gasteiger partial charge in [0.25, 0.3) is 5.91 Å². The van der Waals surface area contributed by atoms with Crippen LogP contribution in [0.3, 0.4) is 0 Å². The van der Waals surface area contributed by atoms with E-state index in [4.69, 9.17) is 15.9 Å². The first-order valence-corrected chi connectivity index (χ1v) is 6.23. The Kier molecular flexibility index (Phi) is 5.35. The number of aliphatic hydroxyl groups excluding tert-OH is 1. The third kappa shape index (κ3) is 3.84. The van der Waals surface area contributed by atoms with Crippen LogP contribution in [0.4, 0.5) is 5.69 Å². The third-order valence-corrected chi connectivity index (χ3v) is 3.22. The summed E-state index contributed by atoms with van der Waals surface area (Å²) in [5, 5.41) is 19.9. The van der Waals surface area contributed by atoms with Crippen molar-refractivity contribution in [3.05, 3.63) is 27.3 Å². The highest BCUT2D eigenvalue weighted by atomic mass is 127. The van der Waals surface area contributed by atoms with Gasteiger partial charge in [0.2, 0.25) is 0 Å². The third-order valence-electron chi connectivity index (χ3n) is 2.28. The van der Waals surface area contributed by atoms with Gasteiger partial charge in [0, 0.05) is 27.8 Å². The normalized spacial score (nSPS) is 11.9. The van der Waals surface area contributed by atoms with Gasteiger partial charge in [-0.3, -0.25) is 4.79 Å². The minimum Gasteiger partial charge on any atom is -0.480 e. The van der Waals surface area contributed by atoms with Crippen molar-refractivity contribution in [3.63, 3.8) is 0 Å². The summed E-state index contributed by atoms with van der Waals surface area (Å²) < 4.78 is 0.717. The highest BCUT2D eigenvalue weighted by Gasteiger charge is 2.20. The number of anilines is 1. The van der Waals surface area contributed by atoms with Gasteiger partial charge in [-0.25, -0.2) is 4.79 Å². The fraction of sp³-hybridized carbons (Fsp3) is 0.273. The Balaban J connectivity index is 2.80. The van der Waals surface area contributed by atoms with E-state index in [2.05, 4.69) is 5.32 Å². The number of hydrogen-bond donors (Lipinski definition) is 4. The quantitative estimate of drug-likeness (QED) is 0.447. The summed E-state index contributed by atoms with van der Waals surface area (Å²) in [5.74, 6) is -1.68. The van der Waals surface area contributed by atoms with Crippen LogP contribution in [0.15, 0.2) is 18.2 Å². The second kappa shape index (κ2) is 6.55. The van der Waals surface area contributed by atoms with E-state index in [1.165, 1.54) is 6.07 Å². The van der Waals surface area contributed by atoms with Crippen LogP contribution in [0.2, 0.25) is 0 Å². The molecule has 0 unspecified atom stereocenters. The highest BCUT2D eigenvalue weighted by molar-refractivity contribution is 14.1. The molecule has 0 fully saturated rings. The molecule has 0 bridgehead atoms. The van der Waals surface area contributed by atoms with E-state index >= 15 is 0 Å². The number of carboxylic acids is 1. The van der Waals surface area contributed by atoms with E-state index in [1.54, 1.807) is 12.1 Å². The summed E-state index contributed by atoms with van der Waals surface area (Å²) in [6, 6.07) is 3.57. The first-order valence-electron chi connectivity index (χ1n) is 5.15. The minimum atomic E-state index is -1.18. The predicted molar refractivity (Wildman–Crippen MR) is 74.2 cm³/mol. The minimum absolute atomic E-state index is 0.0346. The molecule has 0 aliphatic carbocycles. The number of benzene rings is 1. The molecular weight excluding hydrogens is 351 g/mol. The number of halogens is 1. The zero-order valence-electron chi connectivity index (χ0n) is 9.39. The van der Waals surface area contributed by atoms with Crippen molar-refractivity contribution in [1.29, 1.82) is 0 Å². The molecule has 7 heteroatoms. The maximum Gasteiger partial charge on any atom is 0.326 e. The molecule has 0 aliphatic heterocycles. The Morgan fingerprint density at radius 2 is 2.11 bits per heavy atom. The number of nitrogens with one attached hydrogen (secondary N) is 1. The molecule has 0 heterocycles. The van der Waals surface area contributed by atoms with Crippen molar-refractivity contribution in [2.75, 3.05) is 12.3 Å². The van der Waals surface area contributed by atoms with Crippen LogP contribution >= 0.6 is 22.6 Å². The SMILES string of the molecule is Nc1ccc(C(=O)N[C@H](CCO)C(=O)O)cc1I. The molecule has 98 valence electrons.